The molecule has 0 radical (unpaired) electrons. The lowest BCUT2D eigenvalue weighted by atomic mass is 9.99. The molecule has 1 fully saturated rings. The number of rotatable bonds is 4. The molecule has 26 heavy (non-hydrogen) atoms. The van der Waals surface area contributed by atoms with E-state index in [0.717, 1.165) is 16.7 Å². The minimum Gasteiger partial charge on any atom is -0.361 e. The minimum atomic E-state index is -0.137. The first-order chi connectivity index (χ1) is 12.5. The third-order valence-electron chi connectivity index (χ3n) is 5.16. The van der Waals surface area contributed by atoms with E-state index in [2.05, 4.69) is 15.3 Å². The molecule has 7 nitrogen and oxygen atoms in total. The van der Waals surface area contributed by atoms with Gasteiger partial charge in [-0.3, -0.25) is 9.59 Å². The molecule has 3 aromatic rings. The highest BCUT2D eigenvalue weighted by atomic mass is 16.2. The summed E-state index contributed by atoms with van der Waals surface area (Å²) in [5.41, 5.74) is 1.53. The second kappa shape index (κ2) is 6.33. The Morgan fingerprint density at radius 3 is 2.96 bits per heavy atom. The minimum absolute atomic E-state index is 0.00762. The Kier molecular flexibility index (Phi) is 3.99. The van der Waals surface area contributed by atoms with Crippen LogP contribution in [0, 0.1) is 5.92 Å². The van der Waals surface area contributed by atoms with Crippen LogP contribution < -0.4 is 5.32 Å². The van der Waals surface area contributed by atoms with Gasteiger partial charge >= 0.3 is 0 Å². The fraction of sp³-hybridized carbons (Fsp3) is 0.316. The van der Waals surface area contributed by atoms with Gasteiger partial charge in [-0.05, 0) is 23.6 Å². The van der Waals surface area contributed by atoms with Gasteiger partial charge in [-0.25, -0.2) is 4.98 Å². The molecule has 134 valence electrons. The topological polar surface area (TPSA) is 83.0 Å². The summed E-state index contributed by atoms with van der Waals surface area (Å²) in [4.78, 5) is 34.0. The predicted molar refractivity (Wildman–Crippen MR) is 97.5 cm³/mol. The van der Waals surface area contributed by atoms with Crippen molar-refractivity contribution in [3.05, 3.63) is 54.2 Å². The van der Waals surface area contributed by atoms with Crippen molar-refractivity contribution < 1.29 is 9.59 Å². The van der Waals surface area contributed by atoms with Crippen molar-refractivity contribution in [1.29, 1.82) is 0 Å². The van der Waals surface area contributed by atoms with Crippen LogP contribution in [0.2, 0.25) is 0 Å². The summed E-state index contributed by atoms with van der Waals surface area (Å²) >= 11 is 0. The van der Waals surface area contributed by atoms with Crippen LogP contribution in [0.25, 0.3) is 10.9 Å². The molecule has 4 rings (SSSR count). The number of benzene rings is 1. The van der Waals surface area contributed by atoms with E-state index in [0.29, 0.717) is 18.5 Å². The van der Waals surface area contributed by atoms with Crippen LogP contribution in [0.15, 0.2) is 42.9 Å². The summed E-state index contributed by atoms with van der Waals surface area (Å²) in [5, 5.41) is 4.05. The Labute approximate surface area is 151 Å². The van der Waals surface area contributed by atoms with Crippen molar-refractivity contribution in [2.24, 2.45) is 13.0 Å². The molecule has 1 aliphatic rings. The molecular weight excluding hydrogens is 330 g/mol. The van der Waals surface area contributed by atoms with E-state index in [-0.39, 0.29) is 23.8 Å². The summed E-state index contributed by atoms with van der Waals surface area (Å²) in [7, 11) is 3.71. The lowest BCUT2D eigenvalue weighted by Gasteiger charge is -2.24. The molecule has 1 aromatic carbocycles. The Bertz CT molecular complexity index is 973. The number of nitrogens with one attached hydrogen (secondary N) is 2. The van der Waals surface area contributed by atoms with Crippen molar-refractivity contribution >= 4 is 22.7 Å². The maximum Gasteiger partial charge on any atom is 0.251 e. The smallest absolute Gasteiger partial charge is 0.251 e. The highest BCUT2D eigenvalue weighted by Gasteiger charge is 2.40. The zero-order valence-electron chi connectivity index (χ0n) is 14.8. The number of fused-ring (bicyclic) bond motifs is 1. The van der Waals surface area contributed by atoms with Crippen molar-refractivity contribution in [3.8, 4) is 0 Å². The average molecular weight is 351 g/mol. The van der Waals surface area contributed by atoms with Gasteiger partial charge in [-0.2, -0.15) is 0 Å². The SMILES string of the molecule is CN1C(=O)C[C@@H](CNC(=O)c2ccc3cc[nH]c3c2)[C@@H]1c1nccn1C. The second-order valence-corrected chi connectivity index (χ2v) is 6.80. The van der Waals surface area contributed by atoms with Crippen LogP contribution >= 0.6 is 0 Å². The molecule has 7 heteroatoms. The molecule has 1 aliphatic heterocycles. The number of hydrogen-bond acceptors (Lipinski definition) is 3. The largest absolute Gasteiger partial charge is 0.361 e. The number of carbonyl (C=O) groups excluding carboxylic acids is 2. The number of likely N-dealkylation sites (tertiary alicyclic amines) is 1. The highest BCUT2D eigenvalue weighted by Crippen LogP contribution is 2.35. The van der Waals surface area contributed by atoms with Crippen molar-refractivity contribution in [2.75, 3.05) is 13.6 Å². The van der Waals surface area contributed by atoms with Crippen LogP contribution in [0.5, 0.6) is 0 Å². The van der Waals surface area contributed by atoms with Gasteiger partial charge in [0.2, 0.25) is 5.91 Å². The summed E-state index contributed by atoms with van der Waals surface area (Å²) in [6.07, 6.45) is 5.86. The van der Waals surface area contributed by atoms with Gasteiger partial charge in [0, 0.05) is 62.6 Å². The van der Waals surface area contributed by atoms with Crippen LogP contribution in [0.3, 0.4) is 0 Å². The molecule has 3 heterocycles. The van der Waals surface area contributed by atoms with Gasteiger partial charge in [-0.15, -0.1) is 0 Å². The summed E-state index contributed by atoms with van der Waals surface area (Å²) in [6.45, 7) is 0.426. The lowest BCUT2D eigenvalue weighted by molar-refractivity contribution is -0.127. The van der Waals surface area contributed by atoms with Gasteiger partial charge in [0.25, 0.3) is 5.91 Å². The third-order valence-corrected chi connectivity index (χ3v) is 5.16. The Balaban J connectivity index is 1.49. The van der Waals surface area contributed by atoms with E-state index in [1.54, 1.807) is 18.1 Å². The molecule has 2 amide bonds. The number of aryl methyl sites for hydroxylation is 1. The van der Waals surface area contributed by atoms with E-state index in [1.807, 2.05) is 48.3 Å². The first-order valence-corrected chi connectivity index (χ1v) is 8.63. The number of carbonyl (C=O) groups is 2. The Hall–Kier alpha value is -3.09. The molecule has 0 aliphatic carbocycles. The van der Waals surface area contributed by atoms with E-state index >= 15 is 0 Å². The van der Waals surface area contributed by atoms with Crippen molar-refractivity contribution in [3.63, 3.8) is 0 Å². The summed E-state index contributed by atoms with van der Waals surface area (Å²) < 4.78 is 1.92. The van der Waals surface area contributed by atoms with Gasteiger partial charge in [0.05, 0.1) is 6.04 Å². The predicted octanol–water partition coefficient (Wildman–Crippen LogP) is 1.85. The maximum absolute atomic E-state index is 12.5. The average Bonchev–Trinajstić information content (AvgIpc) is 3.33. The second-order valence-electron chi connectivity index (χ2n) is 6.80. The monoisotopic (exact) mass is 351 g/mol. The molecule has 2 aromatic heterocycles. The number of aromatic nitrogens is 3. The van der Waals surface area contributed by atoms with E-state index in [4.69, 9.17) is 0 Å². The quantitative estimate of drug-likeness (QED) is 0.752. The number of nitrogens with zero attached hydrogens (tertiary/aromatic N) is 3. The molecule has 0 unspecified atom stereocenters. The van der Waals surface area contributed by atoms with Crippen molar-refractivity contribution in [1.82, 2.24) is 24.8 Å². The number of H-pyrrole nitrogens is 1. The van der Waals surface area contributed by atoms with Crippen molar-refractivity contribution in [2.45, 2.75) is 12.5 Å². The molecule has 0 bridgehead atoms. The van der Waals surface area contributed by atoms with Gasteiger partial charge < -0.3 is 19.8 Å². The van der Waals surface area contributed by atoms with Gasteiger partial charge in [0.1, 0.15) is 5.82 Å². The van der Waals surface area contributed by atoms with E-state index in [1.165, 1.54) is 0 Å². The zero-order valence-corrected chi connectivity index (χ0v) is 14.8. The standard InChI is InChI=1S/C19H21N5O2/c1-23-8-7-21-18(23)17-14(10-16(25)24(17)2)11-22-19(26)13-4-3-12-5-6-20-15(12)9-13/h3-9,14,17,20H,10-11H2,1-2H3,(H,22,26)/t14-,17+/m0/s1. The van der Waals surface area contributed by atoms with Gasteiger partial charge in [-0.1, -0.05) is 6.07 Å². The van der Waals surface area contributed by atoms with Crippen LogP contribution in [-0.2, 0) is 11.8 Å². The molecule has 0 saturated carbocycles. The first-order valence-electron chi connectivity index (χ1n) is 8.63. The number of amides is 2. The Morgan fingerprint density at radius 2 is 2.19 bits per heavy atom. The molecule has 2 N–H and O–H groups in total. The fourth-order valence-electron chi connectivity index (χ4n) is 3.70. The van der Waals surface area contributed by atoms with E-state index < -0.39 is 0 Å². The molecule has 1 saturated heterocycles. The lowest BCUT2D eigenvalue weighted by Crippen LogP contribution is -2.33. The molecular formula is C19H21N5O2. The number of aromatic amines is 1. The Morgan fingerprint density at radius 1 is 1.35 bits per heavy atom. The zero-order chi connectivity index (χ0) is 18.3. The summed E-state index contributed by atoms with van der Waals surface area (Å²) in [6, 6.07) is 7.41. The third kappa shape index (κ3) is 2.75. The molecule has 2 atom stereocenters. The van der Waals surface area contributed by atoms with Crippen LogP contribution in [-0.4, -0.2) is 44.8 Å². The first kappa shape index (κ1) is 16.4. The summed E-state index contributed by atoms with van der Waals surface area (Å²) in [5.74, 6) is 0.768. The highest BCUT2D eigenvalue weighted by molar-refractivity contribution is 5.97. The van der Waals surface area contributed by atoms with Crippen LogP contribution in [0.4, 0.5) is 0 Å². The normalized spacial score (nSPS) is 20.1. The fourth-order valence-corrected chi connectivity index (χ4v) is 3.70. The number of hydrogen-bond donors (Lipinski definition) is 2. The maximum atomic E-state index is 12.5. The molecule has 0 spiro atoms. The number of imidazole rings is 1. The van der Waals surface area contributed by atoms with Gasteiger partial charge in [0.15, 0.2) is 0 Å². The van der Waals surface area contributed by atoms with Crippen LogP contribution in [0.1, 0.15) is 28.6 Å². The van der Waals surface area contributed by atoms with E-state index in [9.17, 15) is 9.59 Å².